The Balaban J connectivity index is 1.75. The summed E-state index contributed by atoms with van der Waals surface area (Å²) in [6, 6.07) is 0.368. The molecule has 286 valence electrons. The van der Waals surface area contributed by atoms with E-state index < -0.39 is 30.7 Å². The van der Waals surface area contributed by atoms with Crippen LogP contribution >= 0.6 is 0 Å². The van der Waals surface area contributed by atoms with E-state index in [1.54, 1.807) is 14.2 Å². The number of methoxy groups -OCH3 is 1. The molecule has 7 nitrogen and oxygen atoms in total. The first-order valence-corrected chi connectivity index (χ1v) is 21.1. The monoisotopic (exact) mass is 684 g/mol. The molecule has 1 saturated heterocycles. The van der Waals surface area contributed by atoms with E-state index in [4.69, 9.17) is 23.8 Å². The van der Waals surface area contributed by atoms with Crippen LogP contribution in [0.5, 0.6) is 0 Å². The number of ether oxygens (including phenoxy) is 4. The van der Waals surface area contributed by atoms with E-state index in [1.165, 1.54) is 148 Å². The van der Waals surface area contributed by atoms with Crippen molar-refractivity contribution in [1.29, 1.82) is 0 Å². The van der Waals surface area contributed by atoms with Gasteiger partial charge in [0.05, 0.1) is 13.7 Å². The van der Waals surface area contributed by atoms with Gasteiger partial charge in [-0.25, -0.2) is 0 Å². The van der Waals surface area contributed by atoms with Crippen molar-refractivity contribution >= 4 is 0 Å². The first kappa shape index (κ1) is 43.9. The van der Waals surface area contributed by atoms with E-state index >= 15 is 0 Å². The molecule has 2 aliphatic rings. The van der Waals surface area contributed by atoms with Gasteiger partial charge >= 0.3 is 0 Å². The van der Waals surface area contributed by atoms with Crippen molar-refractivity contribution in [2.75, 3.05) is 34.0 Å². The molecule has 1 aliphatic heterocycles. The highest BCUT2D eigenvalue weighted by molar-refractivity contribution is 4.93. The van der Waals surface area contributed by atoms with Gasteiger partial charge in [-0.3, -0.25) is 0 Å². The van der Waals surface area contributed by atoms with Crippen molar-refractivity contribution in [1.82, 2.24) is 5.06 Å². The predicted molar refractivity (Wildman–Crippen MR) is 199 cm³/mol. The Morgan fingerprint density at radius 3 is 1.35 bits per heavy atom. The molecule has 0 aromatic heterocycles. The van der Waals surface area contributed by atoms with Crippen LogP contribution in [0.3, 0.4) is 0 Å². The second-order valence-corrected chi connectivity index (χ2v) is 14.9. The van der Waals surface area contributed by atoms with E-state index in [0.29, 0.717) is 25.8 Å². The minimum absolute atomic E-state index is 0.368. The SMILES string of the molecule is CCCCCCCCCCCCCCOC1C(OC)OC(CN(OC)C2CCCC2)C(O)C1OCCCCCCCCCCCCCC. The van der Waals surface area contributed by atoms with Crippen molar-refractivity contribution in [3.8, 4) is 0 Å². The van der Waals surface area contributed by atoms with Crippen molar-refractivity contribution < 1.29 is 28.9 Å². The van der Waals surface area contributed by atoms with Crippen LogP contribution in [0.4, 0.5) is 0 Å². The van der Waals surface area contributed by atoms with E-state index in [2.05, 4.69) is 13.8 Å². The average Bonchev–Trinajstić information content (AvgIpc) is 3.64. The normalized spacial score (nSPS) is 23.5. The number of aliphatic hydroxyl groups is 1. The third-order valence-corrected chi connectivity index (χ3v) is 10.8. The third kappa shape index (κ3) is 19.4. The van der Waals surface area contributed by atoms with Crippen LogP contribution in [0, 0.1) is 0 Å². The fraction of sp³-hybridized carbons (Fsp3) is 1.00. The van der Waals surface area contributed by atoms with Gasteiger partial charge in [-0.15, -0.1) is 0 Å². The van der Waals surface area contributed by atoms with Crippen LogP contribution in [0.1, 0.15) is 194 Å². The van der Waals surface area contributed by atoms with E-state index in [9.17, 15) is 5.11 Å². The summed E-state index contributed by atoms with van der Waals surface area (Å²) in [5.74, 6) is 0. The largest absolute Gasteiger partial charge is 0.388 e. The van der Waals surface area contributed by atoms with Gasteiger partial charge in [0.15, 0.2) is 6.29 Å². The molecule has 1 N–H and O–H groups in total. The molecule has 0 radical (unpaired) electrons. The van der Waals surface area contributed by atoms with E-state index in [-0.39, 0.29) is 0 Å². The number of hydrogen-bond acceptors (Lipinski definition) is 7. The van der Waals surface area contributed by atoms with Crippen molar-refractivity contribution in [3.05, 3.63) is 0 Å². The lowest BCUT2D eigenvalue weighted by Crippen LogP contribution is -2.62. The van der Waals surface area contributed by atoms with Crippen LogP contribution in [-0.4, -0.2) is 80.9 Å². The zero-order chi connectivity index (χ0) is 34.5. The molecule has 0 aromatic rings. The molecule has 1 saturated carbocycles. The van der Waals surface area contributed by atoms with Crippen LogP contribution in [0.2, 0.25) is 0 Å². The first-order chi connectivity index (χ1) is 23.7. The third-order valence-electron chi connectivity index (χ3n) is 10.8. The lowest BCUT2D eigenvalue weighted by Gasteiger charge is -2.45. The molecule has 0 spiro atoms. The van der Waals surface area contributed by atoms with Gasteiger partial charge < -0.3 is 28.9 Å². The van der Waals surface area contributed by atoms with Gasteiger partial charge in [-0.1, -0.05) is 168 Å². The summed E-state index contributed by atoms with van der Waals surface area (Å²) in [6.07, 6.45) is 33.4. The number of unbranched alkanes of at least 4 members (excludes halogenated alkanes) is 22. The predicted octanol–water partition coefficient (Wildman–Crippen LogP) is 10.7. The number of rotatable bonds is 33. The highest BCUT2D eigenvalue weighted by atomic mass is 16.7. The van der Waals surface area contributed by atoms with Gasteiger partial charge in [0, 0.05) is 26.4 Å². The molecule has 0 amide bonds. The van der Waals surface area contributed by atoms with E-state index in [0.717, 1.165) is 32.1 Å². The number of aliphatic hydroxyl groups excluding tert-OH is 1. The lowest BCUT2D eigenvalue weighted by atomic mass is 9.97. The minimum atomic E-state index is -0.806. The molecular formula is C41H81NO6. The maximum Gasteiger partial charge on any atom is 0.186 e. The summed E-state index contributed by atoms with van der Waals surface area (Å²) in [5.41, 5.74) is 0. The molecular weight excluding hydrogens is 602 g/mol. The summed E-state index contributed by atoms with van der Waals surface area (Å²) in [5, 5.41) is 13.6. The molecule has 2 rings (SSSR count). The molecule has 48 heavy (non-hydrogen) atoms. The van der Waals surface area contributed by atoms with Gasteiger partial charge in [0.1, 0.15) is 24.4 Å². The standard InChI is InChI=1S/C41H81NO6/c1-5-7-9-11-13-15-17-19-21-23-25-29-33-46-39-38(43)37(35-42(45-4)36-31-27-28-32-36)48-41(44-3)40(39)47-34-30-26-24-22-20-18-16-14-12-10-8-6-2/h36-41,43H,5-35H2,1-4H3. The van der Waals surface area contributed by atoms with Gasteiger partial charge in [0.25, 0.3) is 0 Å². The maximum absolute atomic E-state index is 11.6. The second kappa shape index (κ2) is 30.4. The van der Waals surface area contributed by atoms with Crippen LogP contribution in [0.15, 0.2) is 0 Å². The van der Waals surface area contributed by atoms with Crippen molar-refractivity contribution in [3.63, 3.8) is 0 Å². The topological polar surface area (TPSA) is 69.6 Å². The van der Waals surface area contributed by atoms with Crippen LogP contribution in [0.25, 0.3) is 0 Å². The highest BCUT2D eigenvalue weighted by Crippen LogP contribution is 2.30. The summed E-state index contributed by atoms with van der Waals surface area (Å²) in [6.45, 7) is 6.31. The molecule has 5 atom stereocenters. The Kier molecular flexibility index (Phi) is 27.8. The summed E-state index contributed by atoms with van der Waals surface area (Å²) in [4.78, 5) is 5.78. The lowest BCUT2D eigenvalue weighted by molar-refractivity contribution is -0.318. The van der Waals surface area contributed by atoms with Crippen molar-refractivity contribution in [2.45, 2.75) is 230 Å². The Morgan fingerprint density at radius 2 is 0.958 bits per heavy atom. The zero-order valence-corrected chi connectivity index (χ0v) is 32.3. The summed E-state index contributed by atoms with van der Waals surface area (Å²) >= 11 is 0. The molecule has 2 fully saturated rings. The zero-order valence-electron chi connectivity index (χ0n) is 32.3. The molecule has 0 bridgehead atoms. The molecule has 0 aromatic carbocycles. The summed E-state index contributed by atoms with van der Waals surface area (Å²) in [7, 11) is 3.40. The van der Waals surface area contributed by atoms with Gasteiger partial charge in [-0.05, 0) is 25.7 Å². The average molecular weight is 684 g/mol. The smallest absolute Gasteiger partial charge is 0.186 e. The summed E-state index contributed by atoms with van der Waals surface area (Å²) < 4.78 is 25.1. The highest BCUT2D eigenvalue weighted by Gasteiger charge is 2.48. The number of nitrogens with zero attached hydrogens (tertiary/aromatic N) is 1. The fourth-order valence-electron chi connectivity index (χ4n) is 7.67. The fourth-order valence-corrected chi connectivity index (χ4v) is 7.67. The van der Waals surface area contributed by atoms with Gasteiger partial charge in [-0.2, -0.15) is 5.06 Å². The van der Waals surface area contributed by atoms with Crippen molar-refractivity contribution in [2.24, 2.45) is 0 Å². The van der Waals surface area contributed by atoms with E-state index in [1.807, 2.05) is 5.06 Å². The first-order valence-electron chi connectivity index (χ1n) is 21.1. The van der Waals surface area contributed by atoms with Crippen LogP contribution < -0.4 is 0 Å². The maximum atomic E-state index is 11.6. The Labute approximate surface area is 297 Å². The molecule has 1 heterocycles. The van der Waals surface area contributed by atoms with Gasteiger partial charge in [0.2, 0.25) is 0 Å². The molecule has 1 aliphatic carbocycles. The minimum Gasteiger partial charge on any atom is -0.388 e. The Bertz CT molecular complexity index is 692. The Morgan fingerprint density at radius 1 is 0.562 bits per heavy atom. The molecule has 5 unspecified atom stereocenters. The molecule has 7 heteroatoms. The number of hydrogen-bond donors (Lipinski definition) is 1. The second-order valence-electron chi connectivity index (χ2n) is 14.9. The quantitative estimate of drug-likeness (QED) is 0.0545. The Hall–Kier alpha value is -0.280. The number of hydroxylamine groups is 2. The van der Waals surface area contributed by atoms with Crippen LogP contribution in [-0.2, 0) is 23.8 Å².